The van der Waals surface area contributed by atoms with Gasteiger partial charge in [0.05, 0.1) is 3.79 Å². The Balaban J connectivity index is 0.00000145. The Hall–Kier alpha value is -1.04. The third-order valence-corrected chi connectivity index (χ3v) is 8.70. The molecule has 4 rings (SSSR count). The normalized spacial score (nSPS) is 14.0. The van der Waals surface area contributed by atoms with E-state index in [2.05, 4.69) is 42.2 Å². The first-order valence-corrected chi connectivity index (χ1v) is 16.4. The molecule has 0 bridgehead atoms. The van der Waals surface area contributed by atoms with Crippen LogP contribution in [-0.4, -0.2) is 31.8 Å². The monoisotopic (exact) mass is 704 g/mol. The third kappa shape index (κ3) is 9.78. The molecule has 0 radical (unpaired) electrons. The van der Waals surface area contributed by atoms with Crippen molar-refractivity contribution in [1.82, 2.24) is 0 Å². The van der Waals surface area contributed by atoms with Gasteiger partial charge < -0.3 is 13.8 Å². The smallest absolute Gasteiger partial charge is 0.747 e. The molecule has 3 heterocycles. The van der Waals surface area contributed by atoms with Gasteiger partial charge >= 0.3 is 29.6 Å². The molecule has 1 aliphatic rings. The van der Waals surface area contributed by atoms with Crippen LogP contribution in [0.1, 0.15) is 18.4 Å². The second-order valence-electron chi connectivity index (χ2n) is 7.16. The molecule has 0 unspecified atom stereocenters. The predicted octanol–water partition coefficient (Wildman–Crippen LogP) is 2.81. The van der Waals surface area contributed by atoms with E-state index in [4.69, 9.17) is 16.3 Å². The van der Waals surface area contributed by atoms with Gasteiger partial charge in [0.25, 0.3) is 5.01 Å². The number of halogens is 2. The number of fused-ring (bicyclic) bond motifs is 2. The van der Waals surface area contributed by atoms with Crippen molar-refractivity contribution in [2.75, 3.05) is 10.8 Å². The van der Waals surface area contributed by atoms with E-state index in [1.54, 1.807) is 36.4 Å². The average Bonchev–Trinajstić information content (AvgIpc) is 3.46. The van der Waals surface area contributed by atoms with Crippen molar-refractivity contribution in [3.05, 3.63) is 81.9 Å². The minimum atomic E-state index is -4.61. The molecule has 1 aromatic carbocycles. The van der Waals surface area contributed by atoms with Crippen LogP contribution in [0.5, 0.6) is 5.06 Å². The molecule has 206 valence electrons. The molecule has 2 aromatic heterocycles. The molecular weight excluding hydrogens is 683 g/mol. The molecule has 9 nitrogen and oxygen atoms in total. The summed E-state index contributed by atoms with van der Waals surface area (Å²) in [7, 11) is -9.22. The Morgan fingerprint density at radius 2 is 1.77 bits per heavy atom. The second kappa shape index (κ2) is 15.3. The largest absolute Gasteiger partial charge is 1.00 e. The molecule has 1 aliphatic heterocycles. The van der Waals surface area contributed by atoms with Crippen LogP contribution in [0.15, 0.2) is 71.9 Å². The van der Waals surface area contributed by atoms with Crippen molar-refractivity contribution in [3.8, 4) is 5.06 Å². The third-order valence-electron chi connectivity index (χ3n) is 4.70. The van der Waals surface area contributed by atoms with Gasteiger partial charge in [0.1, 0.15) is 26.4 Å². The standard InChI is InChI=1S/C19H16BrClN2O7S4.2C2H4.Na/c1-2-11(5-17-22(9-33(24,25)26)14-8-16(20)32-19(14)30-17)6-18-23(10-34(27,28)29)13-7-12(21)3-4-15(13)31-18;2*1-2;/h3-8H,2,9-10H2,1H3,(H-,24,25,26,27,28,29);2*1-2H2;/q;;;+1/p-1. The van der Waals surface area contributed by atoms with E-state index in [9.17, 15) is 25.9 Å². The molecule has 0 spiro atoms. The quantitative estimate of drug-likeness (QED) is 0.159. The second-order valence-corrected chi connectivity index (χ2v) is 13.8. The van der Waals surface area contributed by atoms with Gasteiger partial charge in [-0.1, -0.05) is 41.2 Å². The number of ether oxygens (including phenoxy) is 1. The number of anilines is 1. The van der Waals surface area contributed by atoms with Crippen LogP contribution in [-0.2, 0) is 26.1 Å². The number of nitrogens with zero attached hydrogens (tertiary/aromatic N) is 2. The van der Waals surface area contributed by atoms with Crippen molar-refractivity contribution in [2.45, 2.75) is 19.2 Å². The average molecular weight is 706 g/mol. The zero-order valence-electron chi connectivity index (χ0n) is 21.1. The topological polar surface area (TPSA) is 131 Å². The molecule has 3 aromatic rings. The fourth-order valence-electron chi connectivity index (χ4n) is 3.30. The minimum Gasteiger partial charge on any atom is -0.747 e. The number of rotatable bonds is 7. The summed E-state index contributed by atoms with van der Waals surface area (Å²) >= 11 is 11.9. The van der Waals surface area contributed by atoms with Crippen LogP contribution in [0.3, 0.4) is 0 Å². The molecule has 0 atom stereocenters. The van der Waals surface area contributed by atoms with Crippen LogP contribution in [0.4, 0.5) is 5.69 Å². The van der Waals surface area contributed by atoms with Gasteiger partial charge in [0.2, 0.25) is 22.3 Å². The zero-order valence-corrected chi connectivity index (χ0v) is 28.7. The van der Waals surface area contributed by atoms with E-state index in [0.717, 1.165) is 4.70 Å². The Labute approximate surface area is 271 Å². The molecule has 16 heteroatoms. The molecule has 39 heavy (non-hydrogen) atoms. The van der Waals surface area contributed by atoms with Gasteiger partial charge in [-0.05, 0) is 46.1 Å². The summed E-state index contributed by atoms with van der Waals surface area (Å²) in [5.41, 5.74) is 1.59. The maximum atomic E-state index is 11.6. The predicted molar refractivity (Wildman–Crippen MR) is 155 cm³/mol. The van der Waals surface area contributed by atoms with Crippen LogP contribution in [0.25, 0.3) is 16.3 Å². The van der Waals surface area contributed by atoms with Crippen molar-refractivity contribution in [3.63, 3.8) is 0 Å². The van der Waals surface area contributed by atoms with Crippen LogP contribution >= 0.6 is 50.2 Å². The van der Waals surface area contributed by atoms with Gasteiger partial charge in [-0.15, -0.1) is 26.3 Å². The number of hydrogen-bond donors (Lipinski definition) is 0. The van der Waals surface area contributed by atoms with Crippen molar-refractivity contribution < 1.29 is 64.8 Å². The van der Waals surface area contributed by atoms with E-state index >= 15 is 0 Å². The molecular formula is C23H23BrClN2NaO7S4. The first-order chi connectivity index (χ1) is 17.8. The van der Waals surface area contributed by atoms with Crippen molar-refractivity contribution in [1.29, 1.82) is 0 Å². The Bertz CT molecular complexity index is 1600. The van der Waals surface area contributed by atoms with E-state index in [1.165, 1.54) is 32.1 Å². The Morgan fingerprint density at radius 1 is 1.13 bits per heavy atom. The van der Waals surface area contributed by atoms with Crippen molar-refractivity contribution >= 4 is 92.4 Å². The molecule has 0 saturated heterocycles. The van der Waals surface area contributed by atoms with Crippen LogP contribution in [0.2, 0.25) is 5.02 Å². The molecule has 0 aliphatic carbocycles. The van der Waals surface area contributed by atoms with E-state index in [0.29, 0.717) is 42.1 Å². The summed E-state index contributed by atoms with van der Waals surface area (Å²) in [5.74, 6) is -1.45. The maximum Gasteiger partial charge on any atom is 1.00 e. The first-order valence-electron chi connectivity index (χ1n) is 10.5. The molecule has 0 amide bonds. The van der Waals surface area contributed by atoms with Gasteiger partial charge in [0, 0.05) is 23.2 Å². The maximum absolute atomic E-state index is 11.6. The van der Waals surface area contributed by atoms with Crippen molar-refractivity contribution in [2.24, 2.45) is 0 Å². The molecule has 0 saturated carbocycles. The van der Waals surface area contributed by atoms with Crippen LogP contribution in [0, 0.1) is 0 Å². The van der Waals surface area contributed by atoms with E-state index in [1.807, 2.05) is 6.92 Å². The first kappa shape index (κ1) is 36.0. The van der Waals surface area contributed by atoms with E-state index < -0.39 is 32.0 Å². The molecule has 0 fully saturated rings. The summed E-state index contributed by atoms with van der Waals surface area (Å²) < 4.78 is 77.8. The minimum absolute atomic E-state index is 0. The zero-order chi connectivity index (χ0) is 28.8. The summed E-state index contributed by atoms with van der Waals surface area (Å²) in [6.45, 7) is 13.8. The number of thiophene rings is 1. The number of hydrogen-bond acceptors (Lipinski definition) is 10. The van der Waals surface area contributed by atoms with Gasteiger partial charge in [-0.25, -0.2) is 16.8 Å². The summed E-state index contributed by atoms with van der Waals surface area (Å²) in [6.07, 6.45) is 3.73. The number of benzene rings is 1. The Kier molecular flexibility index (Phi) is 14.1. The fraction of sp³-hybridized carbons (Fsp3) is 0.174. The van der Waals surface area contributed by atoms with Crippen LogP contribution < -0.4 is 43.8 Å². The van der Waals surface area contributed by atoms with Gasteiger partial charge in [0.15, 0.2) is 10.1 Å². The van der Waals surface area contributed by atoms with Gasteiger partial charge in [-0.2, -0.15) is 4.57 Å². The summed E-state index contributed by atoms with van der Waals surface area (Å²) in [6, 6.07) is 6.63. The van der Waals surface area contributed by atoms with Gasteiger partial charge in [-0.3, -0.25) is 4.90 Å². The summed E-state index contributed by atoms with van der Waals surface area (Å²) in [5, 5.41) is 1.30. The Morgan fingerprint density at radius 3 is 2.33 bits per heavy atom. The summed E-state index contributed by atoms with van der Waals surface area (Å²) in [4.78, 5) is 1.27. The molecule has 0 N–H and O–H groups in total. The fourth-order valence-corrected chi connectivity index (χ4v) is 7.25. The SMILES string of the molecule is C=C.C=C.CCC(=Cc1sc2ccc(Cl)cc2[n+]1CS(=O)(=O)[O-])C=C1Oc2sc(Br)cc2N1CS(=O)(=O)[O-].[Na+]. The number of thiazole rings is 1. The number of aromatic nitrogens is 1. The van der Waals surface area contributed by atoms with E-state index in [-0.39, 0.29) is 35.4 Å². The number of allylic oxidation sites excluding steroid dienone is 2.